The van der Waals surface area contributed by atoms with Crippen LogP contribution in [-0.2, 0) is 4.79 Å². The van der Waals surface area contributed by atoms with Gasteiger partial charge >= 0.3 is 0 Å². The molecular formula is C25H21ClFN5O. The predicted octanol–water partition coefficient (Wildman–Crippen LogP) is 5.81. The average molecular weight is 462 g/mol. The highest BCUT2D eigenvalue weighted by molar-refractivity contribution is 6.34. The monoisotopic (exact) mass is 461 g/mol. The minimum absolute atomic E-state index is 0.273. The number of nitrogens with one attached hydrogen (secondary N) is 1. The summed E-state index contributed by atoms with van der Waals surface area (Å²) >= 11 is 6.48. The summed E-state index contributed by atoms with van der Waals surface area (Å²) in [7, 11) is 1.58. The molecule has 0 aliphatic heterocycles. The van der Waals surface area contributed by atoms with E-state index in [9.17, 15) is 9.18 Å². The maximum absolute atomic E-state index is 14.3. The van der Waals surface area contributed by atoms with Crippen LogP contribution in [-0.4, -0.2) is 27.9 Å². The summed E-state index contributed by atoms with van der Waals surface area (Å²) in [6.45, 7) is 5.34. The third-order valence-corrected chi connectivity index (χ3v) is 5.62. The number of rotatable bonds is 6. The normalized spacial score (nSPS) is 11.8. The molecule has 2 aromatic carbocycles. The molecule has 0 spiro atoms. The number of aromatic nitrogens is 3. The van der Waals surface area contributed by atoms with Crippen LogP contribution in [0.3, 0.4) is 0 Å². The molecule has 0 fully saturated rings. The Labute approximate surface area is 195 Å². The van der Waals surface area contributed by atoms with Crippen LogP contribution in [0.25, 0.3) is 22.0 Å². The van der Waals surface area contributed by atoms with E-state index in [1.54, 1.807) is 43.8 Å². The number of hydrogen-bond donors (Lipinski definition) is 1. The number of benzene rings is 2. The van der Waals surface area contributed by atoms with Crippen LogP contribution in [0.5, 0.6) is 0 Å². The third kappa shape index (κ3) is 4.54. The molecule has 1 atom stereocenters. The molecule has 4 rings (SSSR count). The molecule has 0 saturated heterocycles. The van der Waals surface area contributed by atoms with Crippen LogP contribution < -0.4 is 10.2 Å². The highest BCUT2D eigenvalue weighted by atomic mass is 35.5. The second-order valence-corrected chi connectivity index (χ2v) is 7.88. The summed E-state index contributed by atoms with van der Waals surface area (Å²) in [5.41, 5.74) is 3.54. The van der Waals surface area contributed by atoms with E-state index in [1.807, 2.05) is 25.1 Å². The van der Waals surface area contributed by atoms with Gasteiger partial charge in [0.2, 0.25) is 5.95 Å². The lowest BCUT2D eigenvalue weighted by Crippen LogP contribution is -2.25. The Bertz CT molecular complexity index is 1340. The molecule has 8 heteroatoms. The van der Waals surface area contributed by atoms with E-state index in [0.29, 0.717) is 16.3 Å². The fourth-order valence-electron chi connectivity index (χ4n) is 3.49. The van der Waals surface area contributed by atoms with E-state index in [0.717, 1.165) is 22.0 Å². The fourth-order valence-corrected chi connectivity index (χ4v) is 3.70. The van der Waals surface area contributed by atoms with Gasteiger partial charge in [0.15, 0.2) is 0 Å². The quantitative estimate of drug-likeness (QED) is 0.367. The Balaban J connectivity index is 1.71. The SMILES string of the molecule is C=CC(=O)N(C)c1ncc(-c2ccc3ncc(Cl)c(N[C@H](C)c4ccccc4F)c3c2)cn1. The van der Waals surface area contributed by atoms with Crippen LogP contribution in [0.1, 0.15) is 18.5 Å². The van der Waals surface area contributed by atoms with Crippen molar-refractivity contribution in [1.29, 1.82) is 0 Å². The van der Waals surface area contributed by atoms with Crippen molar-refractivity contribution in [3.8, 4) is 11.1 Å². The summed E-state index contributed by atoms with van der Waals surface area (Å²) in [5, 5.41) is 4.55. The first-order valence-electron chi connectivity index (χ1n) is 10.2. The molecule has 6 nitrogen and oxygen atoms in total. The molecule has 1 N–H and O–H groups in total. The van der Waals surface area contributed by atoms with Crippen molar-refractivity contribution < 1.29 is 9.18 Å². The Hall–Kier alpha value is -3.84. The third-order valence-electron chi connectivity index (χ3n) is 5.33. The van der Waals surface area contributed by atoms with Crippen molar-refractivity contribution in [2.45, 2.75) is 13.0 Å². The predicted molar refractivity (Wildman–Crippen MR) is 130 cm³/mol. The summed E-state index contributed by atoms with van der Waals surface area (Å²) in [4.78, 5) is 26.1. The van der Waals surface area contributed by atoms with Crippen LogP contribution in [0.2, 0.25) is 5.02 Å². The van der Waals surface area contributed by atoms with Crippen molar-refractivity contribution in [2.75, 3.05) is 17.3 Å². The van der Waals surface area contributed by atoms with Gasteiger partial charge in [-0.05, 0) is 36.8 Å². The standard InChI is InChI=1S/C25H21ClFN5O/c1-4-23(33)32(3)25-29-12-17(13-30-25)16-9-10-22-19(11-16)24(20(26)14-28-22)31-15(2)18-7-5-6-8-21(18)27/h4-15H,1H2,2-3H3,(H,28,31)/t15-/m1/s1. The van der Waals surface area contributed by atoms with Crippen molar-refractivity contribution in [3.63, 3.8) is 0 Å². The summed E-state index contributed by atoms with van der Waals surface area (Å²) in [6.07, 6.45) is 6.06. The van der Waals surface area contributed by atoms with Gasteiger partial charge in [0.05, 0.1) is 22.3 Å². The number of likely N-dealkylation sites (N-methyl/N-ethyl adjacent to an activating group) is 1. The molecule has 4 aromatic rings. The summed E-state index contributed by atoms with van der Waals surface area (Å²) in [6, 6.07) is 12.0. The number of nitrogens with zero attached hydrogens (tertiary/aromatic N) is 4. The molecule has 0 radical (unpaired) electrons. The lowest BCUT2D eigenvalue weighted by molar-refractivity contribution is -0.113. The van der Waals surface area contributed by atoms with Crippen molar-refractivity contribution in [2.24, 2.45) is 0 Å². The van der Waals surface area contributed by atoms with Crippen molar-refractivity contribution >= 4 is 40.0 Å². The zero-order chi connectivity index (χ0) is 23.5. The van der Waals surface area contributed by atoms with Gasteiger partial charge < -0.3 is 5.32 Å². The van der Waals surface area contributed by atoms with Crippen molar-refractivity contribution in [1.82, 2.24) is 15.0 Å². The molecule has 0 bridgehead atoms. The van der Waals surface area contributed by atoms with E-state index < -0.39 is 0 Å². The highest BCUT2D eigenvalue weighted by Gasteiger charge is 2.16. The molecule has 0 saturated carbocycles. The average Bonchev–Trinajstić information content (AvgIpc) is 2.84. The Morgan fingerprint density at radius 3 is 2.55 bits per heavy atom. The molecule has 0 aliphatic carbocycles. The first kappa shape index (κ1) is 22.4. The van der Waals surface area contributed by atoms with Gasteiger partial charge in [0, 0.05) is 42.2 Å². The van der Waals surface area contributed by atoms with E-state index in [1.165, 1.54) is 17.0 Å². The minimum Gasteiger partial charge on any atom is -0.377 e. The number of hydrogen-bond acceptors (Lipinski definition) is 5. The number of pyridine rings is 1. The smallest absolute Gasteiger partial charge is 0.252 e. The Morgan fingerprint density at radius 1 is 1.12 bits per heavy atom. The molecule has 166 valence electrons. The maximum atomic E-state index is 14.3. The number of anilines is 2. The second kappa shape index (κ2) is 9.34. The van der Waals surface area contributed by atoms with Crippen LogP contribution in [0, 0.1) is 5.82 Å². The highest BCUT2D eigenvalue weighted by Crippen LogP contribution is 2.35. The fraction of sp³-hybridized carbons (Fsp3) is 0.120. The Kier molecular flexibility index (Phi) is 6.33. The van der Waals surface area contributed by atoms with Gasteiger partial charge in [-0.15, -0.1) is 0 Å². The first-order chi connectivity index (χ1) is 15.9. The van der Waals surface area contributed by atoms with Crippen LogP contribution >= 0.6 is 11.6 Å². The van der Waals surface area contributed by atoms with Gasteiger partial charge in [-0.25, -0.2) is 14.4 Å². The molecular weight excluding hydrogens is 441 g/mol. The van der Waals surface area contributed by atoms with Gasteiger partial charge in [0.25, 0.3) is 5.91 Å². The second-order valence-electron chi connectivity index (χ2n) is 7.47. The maximum Gasteiger partial charge on any atom is 0.252 e. The Morgan fingerprint density at radius 2 is 1.85 bits per heavy atom. The number of carbonyl (C=O) groups is 1. The number of halogens is 2. The van der Waals surface area contributed by atoms with Gasteiger partial charge in [-0.3, -0.25) is 14.7 Å². The number of carbonyl (C=O) groups excluding carboxylic acids is 1. The molecule has 2 heterocycles. The molecule has 0 unspecified atom stereocenters. The summed E-state index contributed by atoms with van der Waals surface area (Å²) < 4.78 is 14.3. The topological polar surface area (TPSA) is 71.0 Å². The molecule has 33 heavy (non-hydrogen) atoms. The van der Waals surface area contributed by atoms with Crippen molar-refractivity contribution in [3.05, 3.63) is 90.1 Å². The van der Waals surface area contributed by atoms with Gasteiger partial charge in [0.1, 0.15) is 5.82 Å². The lowest BCUT2D eigenvalue weighted by atomic mass is 10.0. The first-order valence-corrected chi connectivity index (χ1v) is 10.6. The van der Waals surface area contributed by atoms with E-state index in [4.69, 9.17) is 11.6 Å². The number of amides is 1. The van der Waals surface area contributed by atoms with E-state index >= 15 is 0 Å². The zero-order valence-electron chi connectivity index (χ0n) is 18.1. The van der Waals surface area contributed by atoms with Crippen LogP contribution in [0.15, 0.2) is 73.7 Å². The van der Waals surface area contributed by atoms with E-state index in [2.05, 4.69) is 26.8 Å². The minimum atomic E-state index is -0.321. The number of fused-ring (bicyclic) bond motifs is 1. The molecule has 2 aromatic heterocycles. The van der Waals surface area contributed by atoms with Crippen LogP contribution in [0.4, 0.5) is 16.0 Å². The molecule has 1 amide bonds. The lowest BCUT2D eigenvalue weighted by Gasteiger charge is -2.19. The summed E-state index contributed by atoms with van der Waals surface area (Å²) in [5.74, 6) is -0.311. The van der Waals surface area contributed by atoms with E-state index in [-0.39, 0.29) is 23.7 Å². The van der Waals surface area contributed by atoms with Gasteiger partial charge in [-0.1, -0.05) is 42.4 Å². The largest absolute Gasteiger partial charge is 0.377 e. The zero-order valence-corrected chi connectivity index (χ0v) is 18.8. The van der Waals surface area contributed by atoms with Gasteiger partial charge in [-0.2, -0.15) is 0 Å². The molecule has 0 aliphatic rings.